The van der Waals surface area contributed by atoms with Crippen molar-refractivity contribution in [3.05, 3.63) is 11.7 Å². The Labute approximate surface area is 88.2 Å². The van der Waals surface area contributed by atoms with Gasteiger partial charge in [-0.1, -0.05) is 5.16 Å². The highest BCUT2D eigenvalue weighted by atomic mass is 16.5. The first-order valence-corrected chi connectivity index (χ1v) is 5.49. The van der Waals surface area contributed by atoms with Crippen LogP contribution in [0.15, 0.2) is 4.52 Å². The molecule has 1 aromatic heterocycles. The number of hydrogen-bond donors (Lipinski definition) is 1. The predicted molar refractivity (Wildman–Crippen MR) is 52.2 cm³/mol. The van der Waals surface area contributed by atoms with E-state index < -0.39 is 0 Å². The van der Waals surface area contributed by atoms with E-state index in [-0.39, 0.29) is 6.10 Å². The average Bonchev–Trinajstić information content (AvgIpc) is 2.82. The van der Waals surface area contributed by atoms with Crippen molar-refractivity contribution >= 4 is 0 Å². The number of piperidine rings is 1. The number of nitrogens with one attached hydrogen (secondary N) is 1. The maximum atomic E-state index is 5.91. The molecule has 0 radical (unpaired) electrons. The molecule has 3 rings (SSSR count). The van der Waals surface area contributed by atoms with E-state index in [2.05, 4.69) is 15.5 Å². The SMILES string of the molecule is Cc1noc([C@H]2C[C@@H]3CCNC[C@H]3O2)n1. The Morgan fingerprint density at radius 1 is 1.47 bits per heavy atom. The van der Waals surface area contributed by atoms with Crippen LogP contribution in [0, 0.1) is 12.8 Å². The van der Waals surface area contributed by atoms with Crippen LogP contribution in [0.3, 0.4) is 0 Å². The molecule has 1 aromatic rings. The highest BCUT2D eigenvalue weighted by Crippen LogP contribution is 2.38. The van der Waals surface area contributed by atoms with Gasteiger partial charge in [0, 0.05) is 6.54 Å². The van der Waals surface area contributed by atoms with Crippen LogP contribution < -0.4 is 5.32 Å². The third-order valence-electron chi connectivity index (χ3n) is 3.24. The molecular formula is C10H15N3O2. The lowest BCUT2D eigenvalue weighted by molar-refractivity contribution is 0.0116. The molecule has 15 heavy (non-hydrogen) atoms. The van der Waals surface area contributed by atoms with Crippen molar-refractivity contribution in [1.29, 1.82) is 0 Å². The maximum absolute atomic E-state index is 5.91. The molecule has 0 aromatic carbocycles. The van der Waals surface area contributed by atoms with Crippen LogP contribution in [0.4, 0.5) is 0 Å². The fourth-order valence-electron chi connectivity index (χ4n) is 2.46. The van der Waals surface area contributed by atoms with E-state index in [0.717, 1.165) is 19.5 Å². The van der Waals surface area contributed by atoms with Gasteiger partial charge in [0.25, 0.3) is 5.89 Å². The Kier molecular flexibility index (Phi) is 2.21. The van der Waals surface area contributed by atoms with Gasteiger partial charge in [-0.15, -0.1) is 0 Å². The average molecular weight is 209 g/mol. The van der Waals surface area contributed by atoms with Crippen molar-refractivity contribution in [1.82, 2.24) is 15.5 Å². The molecule has 3 heterocycles. The van der Waals surface area contributed by atoms with Crippen LogP contribution in [0.1, 0.15) is 30.7 Å². The summed E-state index contributed by atoms with van der Waals surface area (Å²) < 4.78 is 11.1. The summed E-state index contributed by atoms with van der Waals surface area (Å²) in [7, 11) is 0. The van der Waals surface area contributed by atoms with Gasteiger partial charge in [0.05, 0.1) is 6.10 Å². The summed E-state index contributed by atoms with van der Waals surface area (Å²) in [5.74, 6) is 1.98. The number of aromatic nitrogens is 2. The summed E-state index contributed by atoms with van der Waals surface area (Å²) in [5.41, 5.74) is 0. The van der Waals surface area contributed by atoms with E-state index in [1.165, 1.54) is 6.42 Å². The maximum Gasteiger partial charge on any atom is 0.255 e. The topological polar surface area (TPSA) is 60.2 Å². The second-order valence-corrected chi connectivity index (χ2v) is 4.33. The monoisotopic (exact) mass is 209 g/mol. The van der Waals surface area contributed by atoms with Crippen LogP contribution >= 0.6 is 0 Å². The molecule has 2 fully saturated rings. The van der Waals surface area contributed by atoms with Gasteiger partial charge in [-0.25, -0.2) is 0 Å². The Hall–Kier alpha value is -0.940. The number of fused-ring (bicyclic) bond motifs is 1. The van der Waals surface area contributed by atoms with Crippen LogP contribution in [-0.2, 0) is 4.74 Å². The summed E-state index contributed by atoms with van der Waals surface area (Å²) in [5, 5.41) is 7.14. The Balaban J connectivity index is 1.74. The van der Waals surface area contributed by atoms with E-state index in [1.807, 2.05) is 6.92 Å². The van der Waals surface area contributed by atoms with Gasteiger partial charge in [-0.3, -0.25) is 0 Å². The lowest BCUT2D eigenvalue weighted by Gasteiger charge is -2.24. The zero-order valence-corrected chi connectivity index (χ0v) is 8.77. The zero-order chi connectivity index (χ0) is 10.3. The lowest BCUT2D eigenvalue weighted by Crippen LogP contribution is -2.38. The molecule has 3 atom stereocenters. The minimum absolute atomic E-state index is 0.0149. The summed E-state index contributed by atoms with van der Waals surface area (Å²) in [4.78, 5) is 4.23. The molecule has 0 unspecified atom stereocenters. The van der Waals surface area contributed by atoms with E-state index in [9.17, 15) is 0 Å². The largest absolute Gasteiger partial charge is 0.364 e. The molecule has 2 saturated heterocycles. The molecular weight excluding hydrogens is 194 g/mol. The minimum Gasteiger partial charge on any atom is -0.364 e. The molecule has 0 aliphatic carbocycles. The van der Waals surface area contributed by atoms with Gasteiger partial charge >= 0.3 is 0 Å². The Morgan fingerprint density at radius 3 is 3.13 bits per heavy atom. The van der Waals surface area contributed by atoms with E-state index in [1.54, 1.807) is 0 Å². The Morgan fingerprint density at radius 2 is 2.40 bits per heavy atom. The zero-order valence-electron chi connectivity index (χ0n) is 8.77. The van der Waals surface area contributed by atoms with Gasteiger partial charge in [-0.05, 0) is 32.2 Å². The van der Waals surface area contributed by atoms with Crippen molar-refractivity contribution in [2.75, 3.05) is 13.1 Å². The van der Waals surface area contributed by atoms with Crippen LogP contribution in [0.5, 0.6) is 0 Å². The fraction of sp³-hybridized carbons (Fsp3) is 0.800. The normalized spacial score (nSPS) is 35.4. The molecule has 1 N–H and O–H groups in total. The lowest BCUT2D eigenvalue weighted by atomic mass is 9.93. The summed E-state index contributed by atoms with van der Waals surface area (Å²) >= 11 is 0. The quantitative estimate of drug-likeness (QED) is 0.742. The summed E-state index contributed by atoms with van der Waals surface area (Å²) in [6.07, 6.45) is 2.56. The van der Waals surface area contributed by atoms with E-state index in [0.29, 0.717) is 23.7 Å². The van der Waals surface area contributed by atoms with E-state index in [4.69, 9.17) is 9.26 Å². The van der Waals surface area contributed by atoms with Crippen LogP contribution in [0.2, 0.25) is 0 Å². The molecule has 5 heteroatoms. The fourth-order valence-corrected chi connectivity index (χ4v) is 2.46. The molecule has 82 valence electrons. The van der Waals surface area contributed by atoms with Crippen molar-refractivity contribution in [2.24, 2.45) is 5.92 Å². The molecule has 0 spiro atoms. The number of rotatable bonds is 1. The van der Waals surface area contributed by atoms with Gasteiger partial charge < -0.3 is 14.6 Å². The number of aryl methyl sites for hydroxylation is 1. The Bertz CT molecular complexity index is 338. The number of nitrogens with zero attached hydrogens (tertiary/aromatic N) is 2. The van der Waals surface area contributed by atoms with Crippen molar-refractivity contribution in [3.63, 3.8) is 0 Å². The standard InChI is InChI=1S/C10H15N3O2/c1-6-12-10(15-13-6)8-4-7-2-3-11-5-9(7)14-8/h7-9,11H,2-5H2,1H3/t7-,8+,9+/m0/s1. The second kappa shape index (κ2) is 3.57. The first kappa shape index (κ1) is 9.30. The van der Waals surface area contributed by atoms with Crippen LogP contribution in [0.25, 0.3) is 0 Å². The third-order valence-corrected chi connectivity index (χ3v) is 3.24. The van der Waals surface area contributed by atoms with Gasteiger partial charge in [0.1, 0.15) is 6.10 Å². The highest BCUT2D eigenvalue weighted by Gasteiger charge is 2.39. The van der Waals surface area contributed by atoms with Gasteiger partial charge in [0.2, 0.25) is 0 Å². The molecule has 0 saturated carbocycles. The van der Waals surface area contributed by atoms with Crippen molar-refractivity contribution in [2.45, 2.75) is 32.0 Å². The number of hydrogen-bond acceptors (Lipinski definition) is 5. The molecule has 5 nitrogen and oxygen atoms in total. The summed E-state index contributed by atoms with van der Waals surface area (Å²) in [6, 6.07) is 0. The van der Waals surface area contributed by atoms with Gasteiger partial charge in [0.15, 0.2) is 5.82 Å². The molecule has 0 amide bonds. The van der Waals surface area contributed by atoms with E-state index >= 15 is 0 Å². The third kappa shape index (κ3) is 1.66. The molecule has 2 aliphatic heterocycles. The highest BCUT2D eigenvalue weighted by molar-refractivity contribution is 4.96. The first-order chi connectivity index (χ1) is 7.33. The molecule has 2 aliphatic rings. The summed E-state index contributed by atoms with van der Waals surface area (Å²) in [6.45, 7) is 3.88. The molecule has 0 bridgehead atoms. The number of ether oxygens (including phenoxy) is 1. The van der Waals surface area contributed by atoms with Gasteiger partial charge in [-0.2, -0.15) is 4.98 Å². The van der Waals surface area contributed by atoms with Crippen molar-refractivity contribution in [3.8, 4) is 0 Å². The predicted octanol–water partition coefficient (Wildman–Crippen LogP) is 0.818. The second-order valence-electron chi connectivity index (χ2n) is 4.33. The smallest absolute Gasteiger partial charge is 0.255 e. The minimum atomic E-state index is 0.0149. The van der Waals surface area contributed by atoms with Crippen molar-refractivity contribution < 1.29 is 9.26 Å². The van der Waals surface area contributed by atoms with Crippen LogP contribution in [-0.4, -0.2) is 29.3 Å². The first-order valence-electron chi connectivity index (χ1n) is 5.49.